The predicted octanol–water partition coefficient (Wildman–Crippen LogP) is 6.78. The number of alkyl halides is 3. The second kappa shape index (κ2) is 12.0. The van der Waals surface area contributed by atoms with Crippen molar-refractivity contribution in [2.45, 2.75) is 19.5 Å². The van der Waals surface area contributed by atoms with Gasteiger partial charge in [-0.15, -0.1) is 6.58 Å². The van der Waals surface area contributed by atoms with Crippen molar-refractivity contribution in [1.29, 1.82) is 5.41 Å². The van der Waals surface area contributed by atoms with E-state index in [0.29, 0.717) is 35.0 Å². The van der Waals surface area contributed by atoms with E-state index < -0.39 is 17.4 Å². The van der Waals surface area contributed by atoms with Crippen LogP contribution in [0.3, 0.4) is 0 Å². The van der Waals surface area contributed by atoms with Gasteiger partial charge in [-0.05, 0) is 48.9 Å². The lowest BCUT2D eigenvalue weighted by Gasteiger charge is -2.21. The Morgan fingerprint density at radius 1 is 1.18 bits per heavy atom. The molecule has 10 heteroatoms. The quantitative estimate of drug-likeness (QED) is 0.112. The number of fused-ring (bicyclic) bond motifs is 1. The maximum atomic E-state index is 14.3. The van der Waals surface area contributed by atoms with Crippen molar-refractivity contribution in [3.05, 3.63) is 103 Å². The number of hydrazone groups is 1. The number of benzene rings is 1. The van der Waals surface area contributed by atoms with Crippen LogP contribution in [-0.2, 0) is 6.42 Å². The molecule has 0 aliphatic carbocycles. The smallest absolute Gasteiger partial charge is 0.354 e. The SMILES string of the molecule is C=C/C=N\N(C)c1ncc(NC(=C)/C(C=N)=C(/Nc2cccc3nc(CC=C)ccc23)C(F)(F)F)cc1C. The van der Waals surface area contributed by atoms with Crippen LogP contribution in [0.2, 0.25) is 0 Å². The Morgan fingerprint density at radius 3 is 2.58 bits per heavy atom. The lowest BCUT2D eigenvalue weighted by molar-refractivity contribution is -0.0906. The Morgan fingerprint density at radius 2 is 1.95 bits per heavy atom. The van der Waals surface area contributed by atoms with E-state index in [0.717, 1.165) is 11.3 Å². The van der Waals surface area contributed by atoms with Gasteiger partial charge in [-0.1, -0.05) is 25.3 Å². The summed E-state index contributed by atoms with van der Waals surface area (Å²) < 4.78 is 42.8. The minimum absolute atomic E-state index is 0.126. The molecule has 3 N–H and O–H groups in total. The number of allylic oxidation sites excluding steroid dienone is 4. The highest BCUT2D eigenvalue weighted by Gasteiger charge is 2.37. The minimum Gasteiger partial charge on any atom is -0.354 e. The number of hydrogen-bond acceptors (Lipinski definition) is 7. The molecule has 0 aliphatic heterocycles. The average molecular weight is 520 g/mol. The molecule has 2 aromatic heterocycles. The maximum absolute atomic E-state index is 14.3. The van der Waals surface area contributed by atoms with Crippen molar-refractivity contribution in [2.24, 2.45) is 5.10 Å². The highest BCUT2D eigenvalue weighted by molar-refractivity contribution is 5.94. The van der Waals surface area contributed by atoms with Crippen molar-refractivity contribution in [3.8, 4) is 0 Å². The largest absolute Gasteiger partial charge is 0.431 e. The van der Waals surface area contributed by atoms with Gasteiger partial charge in [-0.2, -0.15) is 18.3 Å². The molecule has 0 aliphatic rings. The van der Waals surface area contributed by atoms with Gasteiger partial charge in [0.1, 0.15) is 5.70 Å². The molecule has 2 heterocycles. The summed E-state index contributed by atoms with van der Waals surface area (Å²) >= 11 is 0. The van der Waals surface area contributed by atoms with E-state index >= 15 is 0 Å². The van der Waals surface area contributed by atoms with Crippen LogP contribution in [-0.4, -0.2) is 35.6 Å². The van der Waals surface area contributed by atoms with Gasteiger partial charge in [-0.3, -0.25) is 9.99 Å². The van der Waals surface area contributed by atoms with E-state index in [-0.39, 0.29) is 11.4 Å². The molecule has 0 fully saturated rings. The zero-order valence-electron chi connectivity index (χ0n) is 21.1. The van der Waals surface area contributed by atoms with Crippen molar-refractivity contribution in [3.63, 3.8) is 0 Å². The van der Waals surface area contributed by atoms with Crippen LogP contribution in [0.1, 0.15) is 11.3 Å². The van der Waals surface area contributed by atoms with Crippen LogP contribution in [0.4, 0.5) is 30.4 Å². The number of rotatable bonds is 11. The molecule has 0 unspecified atom stereocenters. The van der Waals surface area contributed by atoms with Gasteiger partial charge in [0.25, 0.3) is 0 Å². The molecule has 1 aromatic carbocycles. The van der Waals surface area contributed by atoms with Crippen LogP contribution in [0.25, 0.3) is 10.9 Å². The summed E-state index contributed by atoms with van der Waals surface area (Å²) in [5.74, 6) is 0.556. The van der Waals surface area contributed by atoms with Crippen molar-refractivity contribution in [2.75, 3.05) is 22.7 Å². The molecular formula is C28H28F3N7. The predicted molar refractivity (Wildman–Crippen MR) is 150 cm³/mol. The maximum Gasteiger partial charge on any atom is 0.431 e. The summed E-state index contributed by atoms with van der Waals surface area (Å²) in [5, 5.41) is 19.3. The lowest BCUT2D eigenvalue weighted by Crippen LogP contribution is -2.24. The number of pyridine rings is 2. The van der Waals surface area contributed by atoms with Crippen LogP contribution in [0, 0.1) is 12.3 Å². The van der Waals surface area contributed by atoms with Crippen LogP contribution >= 0.6 is 0 Å². The number of hydrogen-bond donors (Lipinski definition) is 3. The van der Waals surface area contributed by atoms with E-state index in [1.165, 1.54) is 24.6 Å². The normalized spacial score (nSPS) is 12.1. The molecule has 0 saturated carbocycles. The number of nitrogens with zero attached hydrogens (tertiary/aromatic N) is 4. The van der Waals surface area contributed by atoms with Crippen molar-refractivity contribution in [1.82, 2.24) is 9.97 Å². The number of halogens is 3. The Balaban J connectivity index is 1.96. The third-order valence-electron chi connectivity index (χ3n) is 5.42. The molecule has 0 amide bonds. The Hall–Kier alpha value is -4.73. The Kier molecular flexibility index (Phi) is 8.80. The van der Waals surface area contributed by atoms with Crippen molar-refractivity contribution < 1.29 is 13.2 Å². The minimum atomic E-state index is -4.81. The molecule has 0 radical (unpaired) electrons. The highest BCUT2D eigenvalue weighted by Crippen LogP contribution is 2.34. The van der Waals surface area contributed by atoms with Crippen molar-refractivity contribution >= 4 is 40.5 Å². The van der Waals surface area contributed by atoms with Gasteiger partial charge in [0.05, 0.1) is 17.4 Å². The fourth-order valence-corrected chi connectivity index (χ4v) is 3.72. The molecule has 3 aromatic rings. The third kappa shape index (κ3) is 6.52. The molecule has 0 spiro atoms. The molecule has 7 nitrogen and oxygen atoms in total. The summed E-state index contributed by atoms with van der Waals surface area (Å²) in [4.78, 5) is 8.82. The number of nitrogens with one attached hydrogen (secondary N) is 3. The third-order valence-corrected chi connectivity index (χ3v) is 5.42. The standard InChI is InChI=1S/C28H28F3N7/c1-6-9-20-12-13-22-24(36-20)10-8-11-25(22)37-26(28(29,30)31)23(16-32)19(4)35-21-15-18(3)27(33-17-21)38(5)34-14-7-2/h6-8,10-17,32,35,37H,1-2,4,9H2,3,5H3/b26-23+,32-16?,34-14-. The number of aryl methyl sites for hydroxylation is 1. The molecule has 3 rings (SSSR count). The van der Waals surface area contributed by atoms with Gasteiger partial charge in [0, 0.05) is 53.9 Å². The topological polar surface area (TPSA) is 89.3 Å². The van der Waals surface area contributed by atoms with Crippen LogP contribution < -0.4 is 15.6 Å². The van der Waals surface area contributed by atoms with Gasteiger partial charge in [0.2, 0.25) is 0 Å². The van der Waals surface area contributed by atoms with Crippen LogP contribution in [0.15, 0.2) is 96.6 Å². The van der Waals surface area contributed by atoms with Gasteiger partial charge < -0.3 is 16.0 Å². The molecule has 38 heavy (non-hydrogen) atoms. The monoisotopic (exact) mass is 519 g/mol. The Bertz CT molecular complexity index is 1440. The second-order valence-electron chi connectivity index (χ2n) is 8.22. The fourth-order valence-electron chi connectivity index (χ4n) is 3.72. The second-order valence-corrected chi connectivity index (χ2v) is 8.22. The number of anilines is 3. The summed E-state index contributed by atoms with van der Waals surface area (Å²) in [6, 6.07) is 10.0. The van der Waals surface area contributed by atoms with E-state index in [9.17, 15) is 13.2 Å². The lowest BCUT2D eigenvalue weighted by atomic mass is 10.1. The van der Waals surface area contributed by atoms with Gasteiger partial charge in [0.15, 0.2) is 5.82 Å². The first-order valence-corrected chi connectivity index (χ1v) is 11.5. The molecular weight excluding hydrogens is 491 g/mol. The molecule has 196 valence electrons. The van der Waals surface area contributed by atoms with E-state index in [4.69, 9.17) is 5.41 Å². The Labute approximate surface area is 219 Å². The first-order chi connectivity index (χ1) is 18.1. The van der Waals surface area contributed by atoms with Gasteiger partial charge in [-0.25, -0.2) is 4.98 Å². The van der Waals surface area contributed by atoms with Gasteiger partial charge >= 0.3 is 6.18 Å². The highest BCUT2D eigenvalue weighted by atomic mass is 19.4. The zero-order chi connectivity index (χ0) is 27.9. The summed E-state index contributed by atoms with van der Waals surface area (Å²) in [5.41, 5.74) is 0.897. The van der Waals surface area contributed by atoms with E-state index in [1.807, 2.05) is 0 Å². The molecule has 0 bridgehead atoms. The van der Waals surface area contributed by atoms with E-state index in [2.05, 4.69) is 45.4 Å². The summed E-state index contributed by atoms with van der Waals surface area (Å²) in [6.07, 6.45) is 2.54. The first-order valence-electron chi connectivity index (χ1n) is 11.5. The molecule has 0 saturated heterocycles. The van der Waals surface area contributed by atoms with E-state index in [1.54, 1.807) is 55.4 Å². The average Bonchev–Trinajstić information content (AvgIpc) is 2.86. The fraction of sp³-hybridized carbons (Fsp3) is 0.143. The number of aromatic nitrogens is 2. The first kappa shape index (κ1) is 27.9. The van der Waals surface area contributed by atoms with Crippen LogP contribution in [0.5, 0.6) is 0 Å². The summed E-state index contributed by atoms with van der Waals surface area (Å²) in [7, 11) is 1.71. The zero-order valence-corrected chi connectivity index (χ0v) is 21.1. The molecule has 0 atom stereocenters. The summed E-state index contributed by atoms with van der Waals surface area (Å²) in [6.45, 7) is 12.8.